The summed E-state index contributed by atoms with van der Waals surface area (Å²) in [6.07, 6.45) is 1.60. The molecule has 0 aliphatic carbocycles. The molecule has 0 unspecified atom stereocenters. The van der Waals surface area contributed by atoms with Crippen molar-refractivity contribution in [2.45, 2.75) is 0 Å². The second-order valence-corrected chi connectivity index (χ2v) is 6.43. The minimum atomic E-state index is -0.488. The van der Waals surface area contributed by atoms with Crippen LogP contribution in [0, 0.1) is 21.4 Å². The first-order valence-electron chi connectivity index (χ1n) is 7.82. The Labute approximate surface area is 163 Å². The number of nitriles is 1. The highest BCUT2D eigenvalue weighted by atomic mass is 79.9. The van der Waals surface area contributed by atoms with E-state index in [1.807, 2.05) is 24.3 Å². The molecule has 7 heteroatoms. The summed E-state index contributed by atoms with van der Waals surface area (Å²) in [5.41, 5.74) is 1.39. The summed E-state index contributed by atoms with van der Waals surface area (Å²) >= 11 is 3.36. The van der Waals surface area contributed by atoms with Gasteiger partial charge in [-0.25, -0.2) is 0 Å². The zero-order valence-corrected chi connectivity index (χ0v) is 15.8. The molecule has 3 rings (SSSR count). The molecule has 0 radical (unpaired) electrons. The molecule has 3 aromatic rings. The van der Waals surface area contributed by atoms with Crippen LogP contribution in [-0.4, -0.2) is 12.0 Å². The molecule has 27 heavy (non-hydrogen) atoms. The Morgan fingerprint density at radius 2 is 1.96 bits per heavy atom. The third kappa shape index (κ3) is 4.07. The lowest BCUT2D eigenvalue weighted by Crippen LogP contribution is -1.93. The number of halogens is 1. The van der Waals surface area contributed by atoms with E-state index in [0.29, 0.717) is 28.4 Å². The largest absolute Gasteiger partial charge is 0.497 e. The van der Waals surface area contributed by atoms with Crippen molar-refractivity contribution in [1.29, 1.82) is 5.26 Å². The van der Waals surface area contributed by atoms with Crippen LogP contribution in [0.25, 0.3) is 23.0 Å². The van der Waals surface area contributed by atoms with Gasteiger partial charge in [0.25, 0.3) is 5.69 Å². The average molecular weight is 425 g/mol. The van der Waals surface area contributed by atoms with Gasteiger partial charge in [-0.3, -0.25) is 10.1 Å². The summed E-state index contributed by atoms with van der Waals surface area (Å²) < 4.78 is 11.7. The van der Waals surface area contributed by atoms with Crippen LogP contribution in [0.3, 0.4) is 0 Å². The van der Waals surface area contributed by atoms with E-state index in [-0.39, 0.29) is 5.69 Å². The topological polar surface area (TPSA) is 89.3 Å². The Morgan fingerprint density at radius 3 is 2.59 bits per heavy atom. The van der Waals surface area contributed by atoms with Gasteiger partial charge in [0, 0.05) is 4.47 Å². The van der Waals surface area contributed by atoms with E-state index in [2.05, 4.69) is 22.0 Å². The van der Waals surface area contributed by atoms with Gasteiger partial charge in [-0.2, -0.15) is 5.26 Å². The summed E-state index contributed by atoms with van der Waals surface area (Å²) in [5, 5.41) is 20.8. The minimum Gasteiger partial charge on any atom is -0.497 e. The van der Waals surface area contributed by atoms with Crippen LogP contribution in [0.2, 0.25) is 0 Å². The van der Waals surface area contributed by atoms with E-state index in [9.17, 15) is 15.4 Å². The molecule has 134 valence electrons. The highest BCUT2D eigenvalue weighted by molar-refractivity contribution is 9.10. The molecule has 0 spiro atoms. The fraction of sp³-hybridized carbons (Fsp3) is 0.0500. The molecule has 0 atom stereocenters. The van der Waals surface area contributed by atoms with Crippen molar-refractivity contribution >= 4 is 33.3 Å². The molecular formula is C20H13BrN2O4. The van der Waals surface area contributed by atoms with Crippen LogP contribution in [0.4, 0.5) is 5.69 Å². The quantitative estimate of drug-likeness (QED) is 0.298. The molecule has 0 saturated heterocycles. The number of hydrogen-bond acceptors (Lipinski definition) is 5. The number of nitrogens with zero attached hydrogens (tertiary/aromatic N) is 2. The third-order valence-electron chi connectivity index (χ3n) is 3.86. The molecule has 1 heterocycles. The van der Waals surface area contributed by atoms with Crippen LogP contribution in [0.15, 0.2) is 63.5 Å². The second-order valence-electron chi connectivity index (χ2n) is 5.52. The van der Waals surface area contributed by atoms with Crippen LogP contribution in [-0.2, 0) is 0 Å². The standard InChI is InChI=1S/C20H13BrN2O4/c1-26-16-6-8-18(19(11-16)23(24)25)20-9-7-17(27-20)10-14(12-22)13-2-4-15(21)5-3-13/h2-11H,1H3. The lowest BCUT2D eigenvalue weighted by molar-refractivity contribution is -0.384. The van der Waals surface area contributed by atoms with Gasteiger partial charge in [-0.05, 0) is 48.0 Å². The molecule has 0 aliphatic heterocycles. The van der Waals surface area contributed by atoms with Crippen molar-refractivity contribution in [3.63, 3.8) is 0 Å². The van der Waals surface area contributed by atoms with Gasteiger partial charge in [0.05, 0.1) is 35.3 Å². The number of rotatable bonds is 5. The van der Waals surface area contributed by atoms with E-state index < -0.39 is 4.92 Å². The van der Waals surface area contributed by atoms with Crippen molar-refractivity contribution in [2.24, 2.45) is 0 Å². The Hall–Kier alpha value is -3.37. The normalized spacial score (nSPS) is 11.1. The van der Waals surface area contributed by atoms with Gasteiger partial charge in [0.1, 0.15) is 17.3 Å². The number of methoxy groups -OCH3 is 1. The SMILES string of the molecule is COc1ccc(-c2ccc(C=C(C#N)c3ccc(Br)cc3)o2)c([N+](=O)[O-])c1. The van der Waals surface area contributed by atoms with Crippen molar-refractivity contribution in [3.05, 3.63) is 80.5 Å². The Balaban J connectivity index is 1.99. The minimum absolute atomic E-state index is 0.118. The first-order valence-corrected chi connectivity index (χ1v) is 8.61. The lowest BCUT2D eigenvalue weighted by Gasteiger charge is -2.03. The monoisotopic (exact) mass is 424 g/mol. The van der Waals surface area contributed by atoms with Crippen LogP contribution >= 0.6 is 15.9 Å². The summed E-state index contributed by atoms with van der Waals surface area (Å²) in [6.45, 7) is 0. The summed E-state index contributed by atoms with van der Waals surface area (Å²) in [4.78, 5) is 10.9. The first-order chi connectivity index (χ1) is 13.0. The molecule has 2 aromatic carbocycles. The average Bonchev–Trinajstić information content (AvgIpc) is 3.14. The van der Waals surface area contributed by atoms with Gasteiger partial charge in [-0.1, -0.05) is 28.1 Å². The molecule has 6 nitrogen and oxygen atoms in total. The van der Waals surface area contributed by atoms with Crippen molar-refractivity contribution < 1.29 is 14.1 Å². The molecule has 0 bridgehead atoms. The number of allylic oxidation sites excluding steroid dienone is 1. The van der Waals surface area contributed by atoms with E-state index in [0.717, 1.165) is 10.0 Å². The van der Waals surface area contributed by atoms with Gasteiger partial charge < -0.3 is 9.15 Å². The maximum atomic E-state index is 11.4. The van der Waals surface area contributed by atoms with Gasteiger partial charge in [-0.15, -0.1) is 0 Å². The molecule has 1 aromatic heterocycles. The van der Waals surface area contributed by atoms with Crippen molar-refractivity contribution in [1.82, 2.24) is 0 Å². The fourth-order valence-corrected chi connectivity index (χ4v) is 2.79. The summed E-state index contributed by atoms with van der Waals surface area (Å²) in [7, 11) is 1.44. The molecule has 0 aliphatic rings. The Kier molecular flexibility index (Phi) is 5.38. The maximum Gasteiger partial charge on any atom is 0.284 e. The number of hydrogen-bond donors (Lipinski definition) is 0. The zero-order valence-electron chi connectivity index (χ0n) is 14.2. The lowest BCUT2D eigenvalue weighted by atomic mass is 10.1. The maximum absolute atomic E-state index is 11.4. The van der Waals surface area contributed by atoms with Crippen LogP contribution in [0.5, 0.6) is 5.75 Å². The highest BCUT2D eigenvalue weighted by Gasteiger charge is 2.19. The highest BCUT2D eigenvalue weighted by Crippen LogP contribution is 2.34. The smallest absolute Gasteiger partial charge is 0.284 e. The van der Waals surface area contributed by atoms with E-state index in [1.54, 1.807) is 30.3 Å². The number of nitro benzene ring substituents is 1. The van der Waals surface area contributed by atoms with E-state index in [4.69, 9.17) is 9.15 Å². The molecular weight excluding hydrogens is 412 g/mol. The third-order valence-corrected chi connectivity index (χ3v) is 4.38. The number of furan rings is 1. The second kappa shape index (κ2) is 7.89. The van der Waals surface area contributed by atoms with Gasteiger partial charge in [0.2, 0.25) is 0 Å². The van der Waals surface area contributed by atoms with Crippen molar-refractivity contribution in [2.75, 3.05) is 7.11 Å². The van der Waals surface area contributed by atoms with Gasteiger partial charge >= 0.3 is 0 Å². The predicted molar refractivity (Wildman–Crippen MR) is 105 cm³/mol. The molecule has 0 N–H and O–H groups in total. The zero-order chi connectivity index (χ0) is 19.4. The van der Waals surface area contributed by atoms with Gasteiger partial charge in [0.15, 0.2) is 0 Å². The fourth-order valence-electron chi connectivity index (χ4n) is 2.52. The Morgan fingerprint density at radius 1 is 1.22 bits per heavy atom. The van der Waals surface area contributed by atoms with E-state index in [1.165, 1.54) is 13.2 Å². The molecule has 0 fully saturated rings. The van der Waals surface area contributed by atoms with E-state index >= 15 is 0 Å². The molecule has 0 saturated carbocycles. The predicted octanol–water partition coefficient (Wildman–Crippen LogP) is 5.69. The van der Waals surface area contributed by atoms with Crippen LogP contribution < -0.4 is 4.74 Å². The number of benzene rings is 2. The number of ether oxygens (including phenoxy) is 1. The Bertz CT molecular complexity index is 1060. The number of nitro groups is 1. The molecule has 0 amide bonds. The first kappa shape index (κ1) is 18.4. The summed E-state index contributed by atoms with van der Waals surface area (Å²) in [5.74, 6) is 1.15. The summed E-state index contributed by atoms with van der Waals surface area (Å²) in [6, 6.07) is 17.3. The van der Waals surface area contributed by atoms with Crippen molar-refractivity contribution in [3.8, 4) is 23.1 Å². The van der Waals surface area contributed by atoms with Crippen LogP contribution in [0.1, 0.15) is 11.3 Å².